The Morgan fingerprint density at radius 2 is 1.79 bits per heavy atom. The van der Waals surface area contributed by atoms with Crippen LogP contribution in [0.1, 0.15) is 11.1 Å². The Morgan fingerprint density at radius 3 is 2.32 bits per heavy atom. The quantitative estimate of drug-likeness (QED) is 0.871. The second-order valence-corrected chi connectivity index (χ2v) is 4.15. The van der Waals surface area contributed by atoms with Crippen LogP contribution in [-0.4, -0.2) is 4.98 Å². The van der Waals surface area contributed by atoms with Gasteiger partial charge < -0.3 is 11.1 Å². The number of hydrogen-bond donors (Lipinski definition) is 2. The molecule has 1 aromatic heterocycles. The van der Waals surface area contributed by atoms with Gasteiger partial charge in [-0.25, -0.2) is 4.98 Å². The van der Waals surface area contributed by atoms with Crippen molar-refractivity contribution in [2.45, 2.75) is 13.1 Å². The zero-order valence-electron chi connectivity index (χ0n) is 10.1. The highest BCUT2D eigenvalue weighted by atomic mass is 19.4. The smallest absolute Gasteiger partial charge is 0.396 e. The number of nitrogens with two attached hydrogens (primary N) is 1. The maximum Gasteiger partial charge on any atom is 0.416 e. The minimum atomic E-state index is -4.33. The van der Waals surface area contributed by atoms with E-state index in [2.05, 4.69) is 10.3 Å². The fraction of sp³-hybridized carbons (Fsp3) is 0.154. The molecule has 3 nitrogen and oxygen atoms in total. The van der Waals surface area contributed by atoms with Gasteiger partial charge in [0.25, 0.3) is 0 Å². The van der Waals surface area contributed by atoms with E-state index in [-0.39, 0.29) is 0 Å². The summed E-state index contributed by atoms with van der Waals surface area (Å²) in [5.41, 5.74) is 6.92. The standard InChI is InChI=1S/C13H12F3N3/c1-8-6-11(17)12(18-7-8)19-10-4-2-9(3-5-10)13(14,15)16/h2-7H,17H2,1H3,(H,18,19). The number of aryl methyl sites for hydroxylation is 1. The maximum atomic E-state index is 12.4. The largest absolute Gasteiger partial charge is 0.416 e. The number of hydrogen-bond acceptors (Lipinski definition) is 3. The third kappa shape index (κ3) is 3.15. The van der Waals surface area contributed by atoms with Crippen LogP contribution in [0.2, 0.25) is 0 Å². The van der Waals surface area contributed by atoms with Crippen LogP contribution in [0.5, 0.6) is 0 Å². The van der Waals surface area contributed by atoms with Crippen LogP contribution in [0.15, 0.2) is 36.5 Å². The van der Waals surface area contributed by atoms with Gasteiger partial charge in [0.2, 0.25) is 0 Å². The van der Waals surface area contributed by atoms with Gasteiger partial charge in [-0.05, 0) is 42.8 Å². The van der Waals surface area contributed by atoms with E-state index in [0.29, 0.717) is 17.2 Å². The Bertz CT molecular complexity index is 577. The molecule has 0 unspecified atom stereocenters. The lowest BCUT2D eigenvalue weighted by atomic mass is 10.2. The average Bonchev–Trinajstić information content (AvgIpc) is 2.32. The summed E-state index contributed by atoms with van der Waals surface area (Å²) >= 11 is 0. The van der Waals surface area contributed by atoms with E-state index < -0.39 is 11.7 Å². The van der Waals surface area contributed by atoms with Crippen LogP contribution in [0, 0.1) is 6.92 Å². The first-order valence-electron chi connectivity index (χ1n) is 5.52. The van der Waals surface area contributed by atoms with Gasteiger partial charge in [-0.15, -0.1) is 0 Å². The minimum Gasteiger partial charge on any atom is -0.396 e. The lowest BCUT2D eigenvalue weighted by molar-refractivity contribution is -0.137. The van der Waals surface area contributed by atoms with Gasteiger partial charge in [0, 0.05) is 11.9 Å². The number of rotatable bonds is 2. The lowest BCUT2D eigenvalue weighted by Gasteiger charge is -2.10. The highest BCUT2D eigenvalue weighted by Crippen LogP contribution is 2.30. The summed E-state index contributed by atoms with van der Waals surface area (Å²) in [5, 5.41) is 2.87. The van der Waals surface area contributed by atoms with E-state index in [0.717, 1.165) is 17.7 Å². The molecular weight excluding hydrogens is 255 g/mol. The van der Waals surface area contributed by atoms with Crippen LogP contribution in [0.3, 0.4) is 0 Å². The van der Waals surface area contributed by atoms with Crippen LogP contribution in [-0.2, 0) is 6.18 Å². The molecule has 6 heteroatoms. The molecule has 0 amide bonds. The molecule has 0 saturated heterocycles. The van der Waals surface area contributed by atoms with E-state index in [4.69, 9.17) is 5.73 Å². The summed E-state index contributed by atoms with van der Waals surface area (Å²) in [6.07, 6.45) is -2.71. The average molecular weight is 267 g/mol. The number of nitrogens with one attached hydrogen (secondary N) is 1. The van der Waals surface area contributed by atoms with Crippen LogP contribution < -0.4 is 11.1 Å². The summed E-state index contributed by atoms with van der Waals surface area (Å²) in [4.78, 5) is 4.09. The van der Waals surface area contributed by atoms with E-state index in [9.17, 15) is 13.2 Å². The first-order valence-corrected chi connectivity index (χ1v) is 5.52. The van der Waals surface area contributed by atoms with Gasteiger partial charge in [0.1, 0.15) is 0 Å². The van der Waals surface area contributed by atoms with Gasteiger partial charge in [-0.1, -0.05) is 0 Å². The zero-order chi connectivity index (χ0) is 14.0. The van der Waals surface area contributed by atoms with Crippen molar-refractivity contribution >= 4 is 17.2 Å². The second kappa shape index (κ2) is 4.79. The van der Waals surface area contributed by atoms with E-state index in [1.807, 2.05) is 6.92 Å². The number of pyridine rings is 1. The molecule has 2 rings (SSSR count). The van der Waals surface area contributed by atoms with Crippen molar-refractivity contribution in [1.29, 1.82) is 0 Å². The number of halogens is 3. The topological polar surface area (TPSA) is 50.9 Å². The van der Waals surface area contributed by atoms with Crippen molar-refractivity contribution in [3.8, 4) is 0 Å². The fourth-order valence-corrected chi connectivity index (χ4v) is 1.58. The number of benzene rings is 1. The first kappa shape index (κ1) is 13.2. The number of alkyl halides is 3. The van der Waals surface area contributed by atoms with Gasteiger partial charge in [-0.3, -0.25) is 0 Å². The SMILES string of the molecule is Cc1cnc(Nc2ccc(C(F)(F)F)cc2)c(N)c1. The van der Waals surface area contributed by atoms with E-state index in [1.54, 1.807) is 12.3 Å². The van der Waals surface area contributed by atoms with Gasteiger partial charge in [0.05, 0.1) is 11.3 Å². The Balaban J connectivity index is 2.20. The second-order valence-electron chi connectivity index (χ2n) is 4.15. The van der Waals surface area contributed by atoms with Crippen LogP contribution >= 0.6 is 0 Å². The molecule has 0 aliphatic carbocycles. The first-order chi connectivity index (χ1) is 8.86. The molecule has 1 aromatic carbocycles. The number of nitrogens with zero attached hydrogens (tertiary/aromatic N) is 1. The number of nitrogen functional groups attached to an aromatic ring is 1. The Kier molecular flexibility index (Phi) is 3.33. The van der Waals surface area contributed by atoms with Gasteiger partial charge >= 0.3 is 6.18 Å². The summed E-state index contributed by atoms with van der Waals surface area (Å²) in [5.74, 6) is 0.422. The highest BCUT2D eigenvalue weighted by molar-refractivity contribution is 5.68. The minimum absolute atomic E-state index is 0.422. The van der Waals surface area contributed by atoms with Crippen LogP contribution in [0.25, 0.3) is 0 Å². The normalized spacial score (nSPS) is 11.4. The molecule has 0 saturated carbocycles. The Hall–Kier alpha value is -2.24. The number of anilines is 3. The lowest BCUT2D eigenvalue weighted by Crippen LogP contribution is -2.05. The summed E-state index contributed by atoms with van der Waals surface area (Å²) in [7, 11) is 0. The summed E-state index contributed by atoms with van der Waals surface area (Å²) < 4.78 is 37.2. The van der Waals surface area contributed by atoms with Crippen LogP contribution in [0.4, 0.5) is 30.4 Å². The maximum absolute atomic E-state index is 12.4. The van der Waals surface area contributed by atoms with E-state index in [1.165, 1.54) is 12.1 Å². The molecule has 1 heterocycles. The summed E-state index contributed by atoms with van der Waals surface area (Å²) in [6, 6.07) is 6.42. The predicted molar refractivity (Wildman–Crippen MR) is 68.1 cm³/mol. The molecule has 0 atom stereocenters. The number of aromatic nitrogens is 1. The van der Waals surface area contributed by atoms with Crippen molar-refractivity contribution in [3.63, 3.8) is 0 Å². The molecule has 3 N–H and O–H groups in total. The molecule has 0 bridgehead atoms. The van der Waals surface area contributed by atoms with Gasteiger partial charge in [0.15, 0.2) is 5.82 Å². The predicted octanol–water partition coefficient (Wildman–Crippen LogP) is 3.73. The van der Waals surface area contributed by atoms with Crippen molar-refractivity contribution in [2.75, 3.05) is 11.1 Å². The molecule has 0 aliphatic rings. The van der Waals surface area contributed by atoms with Gasteiger partial charge in [-0.2, -0.15) is 13.2 Å². The molecular formula is C13H12F3N3. The van der Waals surface area contributed by atoms with E-state index >= 15 is 0 Å². The molecule has 0 fully saturated rings. The molecule has 0 radical (unpaired) electrons. The third-order valence-electron chi connectivity index (χ3n) is 2.53. The van der Waals surface area contributed by atoms with Crippen molar-refractivity contribution < 1.29 is 13.2 Å². The van der Waals surface area contributed by atoms with Crippen molar-refractivity contribution in [1.82, 2.24) is 4.98 Å². The fourth-order valence-electron chi connectivity index (χ4n) is 1.58. The summed E-state index contributed by atoms with van der Waals surface area (Å²) in [6.45, 7) is 1.85. The monoisotopic (exact) mass is 267 g/mol. The van der Waals surface area contributed by atoms with Crippen molar-refractivity contribution in [3.05, 3.63) is 47.7 Å². The molecule has 2 aromatic rings. The molecule has 100 valence electrons. The Labute approximate surface area is 108 Å². The zero-order valence-corrected chi connectivity index (χ0v) is 10.1. The molecule has 0 aliphatic heterocycles. The Morgan fingerprint density at radius 1 is 1.16 bits per heavy atom. The van der Waals surface area contributed by atoms with Crippen molar-refractivity contribution in [2.24, 2.45) is 0 Å². The molecule has 19 heavy (non-hydrogen) atoms. The third-order valence-corrected chi connectivity index (χ3v) is 2.53. The highest BCUT2D eigenvalue weighted by Gasteiger charge is 2.29. The molecule has 0 spiro atoms.